The molecule has 1 saturated heterocycles. The lowest BCUT2D eigenvalue weighted by Gasteiger charge is -2.36. The third-order valence-electron chi connectivity index (χ3n) is 3.29. The molecule has 1 aliphatic heterocycles. The fourth-order valence-corrected chi connectivity index (χ4v) is 2.38. The van der Waals surface area contributed by atoms with E-state index in [-0.39, 0.29) is 0 Å². The molecule has 16 heavy (non-hydrogen) atoms. The van der Waals surface area contributed by atoms with Crippen LogP contribution in [0.3, 0.4) is 0 Å². The van der Waals surface area contributed by atoms with Gasteiger partial charge in [0.1, 0.15) is 0 Å². The number of nitrogens with zero attached hydrogens (tertiary/aromatic N) is 1. The Morgan fingerprint density at radius 2 is 2.25 bits per heavy atom. The highest BCUT2D eigenvalue weighted by atomic mass is 16.4. The molecule has 1 heterocycles. The van der Waals surface area contributed by atoms with Crippen LogP contribution in [0.2, 0.25) is 0 Å². The standard InChI is InChI=1S/C12H24N2O2/c1-12(2,11(15)16)9-14-6-4-5-10(8-14)7-13-3/h10,13H,4-9H2,1-3H3,(H,15,16). The van der Waals surface area contributed by atoms with Crippen LogP contribution in [0, 0.1) is 11.3 Å². The van der Waals surface area contributed by atoms with Gasteiger partial charge in [0.2, 0.25) is 0 Å². The number of carboxylic acid groups (broad SMARTS) is 1. The van der Waals surface area contributed by atoms with Gasteiger partial charge in [-0.2, -0.15) is 0 Å². The van der Waals surface area contributed by atoms with Crippen molar-refractivity contribution in [3.63, 3.8) is 0 Å². The molecule has 1 aliphatic rings. The van der Waals surface area contributed by atoms with E-state index in [4.69, 9.17) is 5.11 Å². The van der Waals surface area contributed by atoms with Gasteiger partial charge in [0.25, 0.3) is 0 Å². The molecule has 0 aromatic carbocycles. The zero-order valence-electron chi connectivity index (χ0n) is 10.6. The Hall–Kier alpha value is -0.610. The number of hydrogen-bond donors (Lipinski definition) is 2. The highest BCUT2D eigenvalue weighted by Crippen LogP contribution is 2.22. The van der Waals surface area contributed by atoms with E-state index >= 15 is 0 Å². The summed E-state index contributed by atoms with van der Waals surface area (Å²) >= 11 is 0. The number of rotatable bonds is 5. The maximum absolute atomic E-state index is 11.1. The second-order valence-electron chi connectivity index (χ2n) is 5.49. The first-order valence-corrected chi connectivity index (χ1v) is 6.06. The van der Waals surface area contributed by atoms with Crippen molar-refractivity contribution in [1.82, 2.24) is 10.2 Å². The lowest BCUT2D eigenvalue weighted by atomic mass is 9.90. The maximum Gasteiger partial charge on any atom is 0.310 e. The smallest absolute Gasteiger partial charge is 0.310 e. The molecule has 0 aliphatic carbocycles. The number of carboxylic acids is 1. The summed E-state index contributed by atoms with van der Waals surface area (Å²) in [6.07, 6.45) is 2.44. The molecular formula is C12H24N2O2. The van der Waals surface area contributed by atoms with Crippen molar-refractivity contribution in [2.45, 2.75) is 26.7 Å². The molecule has 0 spiro atoms. The van der Waals surface area contributed by atoms with Gasteiger partial charge >= 0.3 is 5.97 Å². The minimum absolute atomic E-state index is 0.637. The average Bonchev–Trinajstić information content (AvgIpc) is 2.17. The molecule has 0 radical (unpaired) electrons. The fourth-order valence-electron chi connectivity index (χ4n) is 2.38. The van der Waals surface area contributed by atoms with Gasteiger partial charge in [-0.1, -0.05) is 0 Å². The Balaban J connectivity index is 2.45. The molecule has 1 rings (SSSR count). The zero-order valence-corrected chi connectivity index (χ0v) is 10.6. The normalized spacial score (nSPS) is 23.3. The summed E-state index contributed by atoms with van der Waals surface area (Å²) in [6.45, 7) is 7.36. The Kier molecular flexibility index (Phi) is 4.74. The first kappa shape index (κ1) is 13.5. The summed E-state index contributed by atoms with van der Waals surface area (Å²) in [6, 6.07) is 0. The first-order chi connectivity index (χ1) is 7.45. The minimum atomic E-state index is -0.705. The van der Waals surface area contributed by atoms with Gasteiger partial charge in [-0.05, 0) is 52.7 Å². The quantitative estimate of drug-likeness (QED) is 0.738. The average molecular weight is 228 g/mol. The van der Waals surface area contributed by atoms with Crippen molar-refractivity contribution in [2.75, 3.05) is 33.2 Å². The van der Waals surface area contributed by atoms with Crippen molar-refractivity contribution in [3.8, 4) is 0 Å². The molecule has 2 N–H and O–H groups in total. The highest BCUT2D eigenvalue weighted by molar-refractivity contribution is 5.73. The van der Waals surface area contributed by atoms with E-state index in [1.165, 1.54) is 12.8 Å². The molecule has 0 bridgehead atoms. The molecule has 1 unspecified atom stereocenters. The number of aliphatic carboxylic acids is 1. The lowest BCUT2D eigenvalue weighted by molar-refractivity contribution is -0.148. The van der Waals surface area contributed by atoms with Gasteiger partial charge in [-0.15, -0.1) is 0 Å². The van der Waals surface area contributed by atoms with Crippen LogP contribution >= 0.6 is 0 Å². The molecule has 0 aromatic heterocycles. The van der Waals surface area contributed by atoms with Gasteiger partial charge in [0.15, 0.2) is 0 Å². The van der Waals surface area contributed by atoms with Gasteiger partial charge < -0.3 is 15.3 Å². The summed E-state index contributed by atoms with van der Waals surface area (Å²) in [5.74, 6) is -0.0356. The molecule has 4 heteroatoms. The SMILES string of the molecule is CNCC1CCCN(CC(C)(C)C(=O)O)C1. The van der Waals surface area contributed by atoms with Crippen LogP contribution in [0.5, 0.6) is 0 Å². The van der Waals surface area contributed by atoms with Crippen molar-refractivity contribution in [3.05, 3.63) is 0 Å². The van der Waals surface area contributed by atoms with E-state index < -0.39 is 11.4 Å². The highest BCUT2D eigenvalue weighted by Gasteiger charge is 2.31. The molecule has 0 saturated carbocycles. The van der Waals surface area contributed by atoms with Gasteiger partial charge in [0, 0.05) is 13.1 Å². The van der Waals surface area contributed by atoms with E-state index in [1.54, 1.807) is 13.8 Å². The van der Waals surface area contributed by atoms with Crippen LogP contribution in [0.1, 0.15) is 26.7 Å². The van der Waals surface area contributed by atoms with E-state index in [0.29, 0.717) is 12.5 Å². The van der Waals surface area contributed by atoms with Crippen LogP contribution < -0.4 is 5.32 Å². The maximum atomic E-state index is 11.1. The summed E-state index contributed by atoms with van der Waals surface area (Å²) in [5.41, 5.74) is -0.637. The number of likely N-dealkylation sites (tertiary alicyclic amines) is 1. The van der Waals surface area contributed by atoms with Crippen LogP contribution in [0.4, 0.5) is 0 Å². The zero-order chi connectivity index (χ0) is 12.2. The predicted molar refractivity (Wildman–Crippen MR) is 64.5 cm³/mol. The van der Waals surface area contributed by atoms with Crippen molar-refractivity contribution in [2.24, 2.45) is 11.3 Å². The van der Waals surface area contributed by atoms with Crippen LogP contribution in [0.15, 0.2) is 0 Å². The topological polar surface area (TPSA) is 52.6 Å². The summed E-state index contributed by atoms with van der Waals surface area (Å²) < 4.78 is 0. The molecule has 94 valence electrons. The number of carbonyl (C=O) groups is 1. The Morgan fingerprint density at radius 1 is 1.56 bits per heavy atom. The van der Waals surface area contributed by atoms with Gasteiger partial charge in [0.05, 0.1) is 5.41 Å². The first-order valence-electron chi connectivity index (χ1n) is 6.06. The largest absolute Gasteiger partial charge is 0.481 e. The third kappa shape index (κ3) is 3.76. The number of piperidine rings is 1. The summed E-state index contributed by atoms with van der Waals surface area (Å²) in [5, 5.41) is 12.3. The molecular weight excluding hydrogens is 204 g/mol. The van der Waals surface area contributed by atoms with Crippen LogP contribution in [0.25, 0.3) is 0 Å². The summed E-state index contributed by atoms with van der Waals surface area (Å²) in [7, 11) is 1.97. The van der Waals surface area contributed by atoms with E-state index in [1.807, 2.05) is 7.05 Å². The predicted octanol–water partition coefficient (Wildman–Crippen LogP) is 1.03. The van der Waals surface area contributed by atoms with Crippen LogP contribution in [-0.2, 0) is 4.79 Å². The van der Waals surface area contributed by atoms with Gasteiger partial charge in [-0.25, -0.2) is 0 Å². The lowest BCUT2D eigenvalue weighted by Crippen LogP contribution is -2.45. The monoisotopic (exact) mass is 228 g/mol. The van der Waals surface area contributed by atoms with E-state index in [0.717, 1.165) is 19.6 Å². The minimum Gasteiger partial charge on any atom is -0.481 e. The second kappa shape index (κ2) is 5.64. The second-order valence-corrected chi connectivity index (χ2v) is 5.49. The van der Waals surface area contributed by atoms with Crippen molar-refractivity contribution in [1.29, 1.82) is 0 Å². The number of hydrogen-bond acceptors (Lipinski definition) is 3. The molecule has 1 fully saturated rings. The third-order valence-corrected chi connectivity index (χ3v) is 3.29. The van der Waals surface area contributed by atoms with Crippen LogP contribution in [-0.4, -0.2) is 49.2 Å². The van der Waals surface area contributed by atoms with Gasteiger partial charge in [-0.3, -0.25) is 4.79 Å². The van der Waals surface area contributed by atoms with E-state index in [2.05, 4.69) is 10.2 Å². The molecule has 4 nitrogen and oxygen atoms in total. The van der Waals surface area contributed by atoms with Crippen molar-refractivity contribution < 1.29 is 9.90 Å². The van der Waals surface area contributed by atoms with E-state index in [9.17, 15) is 4.79 Å². The Labute approximate surface area is 98.0 Å². The Bertz CT molecular complexity index is 239. The number of nitrogens with one attached hydrogen (secondary N) is 1. The van der Waals surface area contributed by atoms with Crippen molar-refractivity contribution >= 4 is 5.97 Å². The molecule has 1 atom stereocenters. The Morgan fingerprint density at radius 3 is 2.81 bits per heavy atom. The molecule has 0 amide bonds. The molecule has 0 aromatic rings. The fraction of sp³-hybridized carbons (Fsp3) is 0.917. The summed E-state index contributed by atoms with van der Waals surface area (Å²) in [4.78, 5) is 13.4.